The topological polar surface area (TPSA) is 75.6 Å². The van der Waals surface area contributed by atoms with E-state index in [0.717, 1.165) is 10.4 Å². The van der Waals surface area contributed by atoms with Gasteiger partial charge in [0.25, 0.3) is 5.19 Å². The molecule has 0 spiro atoms. The van der Waals surface area contributed by atoms with E-state index in [-0.39, 0.29) is 11.9 Å². The summed E-state index contributed by atoms with van der Waals surface area (Å²) in [6, 6.07) is 17.5. The highest BCUT2D eigenvalue weighted by Gasteiger charge is 2.04. The summed E-state index contributed by atoms with van der Waals surface area (Å²) in [4.78, 5) is 16.0. The first kappa shape index (κ1) is 21.1. The number of hydrazone groups is 1. The summed E-state index contributed by atoms with van der Waals surface area (Å²) in [5.74, 6) is 6.53. The second-order valence-electron chi connectivity index (χ2n) is 6.43. The first-order chi connectivity index (χ1) is 14.6. The third kappa shape index (κ3) is 7.08. The molecule has 0 saturated carbocycles. The van der Waals surface area contributed by atoms with Crippen LogP contribution in [0.15, 0.2) is 65.9 Å². The quantitative estimate of drug-likeness (QED) is 0.346. The molecule has 3 aromatic rings. The minimum absolute atomic E-state index is 0.106. The summed E-state index contributed by atoms with van der Waals surface area (Å²) in [5.41, 5.74) is 5.17. The zero-order chi connectivity index (χ0) is 21.2. The third-order valence-electron chi connectivity index (χ3n) is 3.83. The van der Waals surface area contributed by atoms with Gasteiger partial charge in [-0.25, -0.2) is 4.98 Å². The number of rotatable bonds is 7. The monoisotopic (exact) mass is 418 g/mol. The maximum absolute atomic E-state index is 11.0. The van der Waals surface area contributed by atoms with E-state index in [4.69, 9.17) is 4.74 Å². The predicted molar refractivity (Wildman–Crippen MR) is 120 cm³/mol. The average molecular weight is 419 g/mol. The van der Waals surface area contributed by atoms with Gasteiger partial charge in [0.1, 0.15) is 10.6 Å². The third-order valence-corrected chi connectivity index (χ3v) is 4.62. The number of hydrogen-bond donors (Lipinski definition) is 2. The molecule has 1 amide bonds. The molecule has 0 bridgehead atoms. The summed E-state index contributed by atoms with van der Waals surface area (Å²) in [6.07, 6.45) is 3.42. The number of hydrogen-bond acceptors (Lipinski definition) is 6. The molecule has 2 aromatic carbocycles. The van der Waals surface area contributed by atoms with E-state index in [0.29, 0.717) is 17.5 Å². The second-order valence-corrected chi connectivity index (χ2v) is 7.42. The molecule has 1 atom stereocenters. The molecule has 152 valence electrons. The number of amides is 1. The molecule has 7 heteroatoms. The highest BCUT2D eigenvalue weighted by molar-refractivity contribution is 7.13. The summed E-state index contributed by atoms with van der Waals surface area (Å²) < 4.78 is 5.78. The lowest BCUT2D eigenvalue weighted by Gasteiger charge is -2.02. The maximum atomic E-state index is 11.0. The highest BCUT2D eigenvalue weighted by Crippen LogP contribution is 2.26. The van der Waals surface area contributed by atoms with Crippen LogP contribution in [0.1, 0.15) is 29.9 Å². The van der Waals surface area contributed by atoms with E-state index in [2.05, 4.69) is 32.7 Å². The van der Waals surface area contributed by atoms with Gasteiger partial charge in [0.05, 0.1) is 25.0 Å². The highest BCUT2D eigenvalue weighted by atomic mass is 32.1. The minimum atomic E-state index is -0.217. The van der Waals surface area contributed by atoms with Crippen LogP contribution in [-0.2, 0) is 11.3 Å². The van der Waals surface area contributed by atoms with E-state index in [1.807, 2.05) is 61.5 Å². The molecule has 3 rings (SSSR count). The molecular formula is C23H22N4O2S. The molecule has 2 N–H and O–H groups in total. The number of aromatic nitrogens is 1. The van der Waals surface area contributed by atoms with Crippen molar-refractivity contribution in [2.45, 2.75) is 26.4 Å². The summed E-state index contributed by atoms with van der Waals surface area (Å²) in [6.45, 7) is 3.97. The Morgan fingerprint density at radius 2 is 2.00 bits per heavy atom. The molecule has 1 unspecified atom stereocenters. The Balaban J connectivity index is 1.50. The van der Waals surface area contributed by atoms with Crippen LogP contribution >= 0.6 is 11.3 Å². The molecule has 0 aliphatic heterocycles. The Bertz CT molecular complexity index is 1050. The fraction of sp³-hybridized carbons (Fsp3) is 0.174. The van der Waals surface area contributed by atoms with Crippen LogP contribution in [0.5, 0.6) is 10.9 Å². The van der Waals surface area contributed by atoms with Gasteiger partial charge in [-0.3, -0.25) is 4.79 Å². The van der Waals surface area contributed by atoms with E-state index < -0.39 is 0 Å². The van der Waals surface area contributed by atoms with E-state index in [1.165, 1.54) is 23.8 Å². The van der Waals surface area contributed by atoms with Gasteiger partial charge in [-0.1, -0.05) is 53.5 Å². The van der Waals surface area contributed by atoms with Crippen LogP contribution < -0.4 is 15.5 Å². The Hall–Kier alpha value is -3.63. The van der Waals surface area contributed by atoms with Gasteiger partial charge in [-0.15, -0.1) is 0 Å². The first-order valence-corrected chi connectivity index (χ1v) is 10.2. The molecular weight excluding hydrogens is 396 g/mol. The molecule has 0 radical (unpaired) electrons. The summed E-state index contributed by atoms with van der Waals surface area (Å²) in [5, 5.41) is 7.47. The van der Waals surface area contributed by atoms with Crippen molar-refractivity contribution in [2.75, 3.05) is 0 Å². The van der Waals surface area contributed by atoms with Crippen LogP contribution in [-0.4, -0.2) is 23.1 Å². The van der Waals surface area contributed by atoms with Gasteiger partial charge in [0.2, 0.25) is 5.91 Å². The standard InChI is InChI=1S/C23H22N4O2S/c1-17(27-18(2)28)8-13-22-16-24-23(30-22)29-21-11-9-20(10-12-21)15-26-25-14-19-6-4-3-5-7-19/h3-7,9-12,15-17,25H,14H2,1-2H3,(H,27,28)/b26-15+. The predicted octanol–water partition coefficient (Wildman–Crippen LogP) is 3.94. The van der Waals surface area contributed by atoms with Gasteiger partial charge >= 0.3 is 0 Å². The van der Waals surface area contributed by atoms with Crippen molar-refractivity contribution in [3.63, 3.8) is 0 Å². The number of thiazole rings is 1. The summed E-state index contributed by atoms with van der Waals surface area (Å²) >= 11 is 1.35. The number of nitrogens with one attached hydrogen (secondary N) is 2. The van der Waals surface area contributed by atoms with Crippen molar-refractivity contribution in [2.24, 2.45) is 5.10 Å². The molecule has 1 heterocycles. The van der Waals surface area contributed by atoms with Crippen LogP contribution in [0.2, 0.25) is 0 Å². The van der Waals surface area contributed by atoms with E-state index >= 15 is 0 Å². The lowest BCUT2D eigenvalue weighted by Crippen LogP contribution is -2.28. The van der Waals surface area contributed by atoms with Gasteiger partial charge in [0.15, 0.2) is 0 Å². The van der Waals surface area contributed by atoms with Crippen LogP contribution in [0.3, 0.4) is 0 Å². The molecule has 0 aliphatic carbocycles. The zero-order valence-corrected chi connectivity index (χ0v) is 17.6. The van der Waals surface area contributed by atoms with Gasteiger partial charge in [0, 0.05) is 6.92 Å². The number of benzene rings is 2. The Kier molecular flexibility index (Phi) is 7.58. The van der Waals surface area contributed by atoms with Gasteiger partial charge in [-0.2, -0.15) is 5.10 Å². The first-order valence-electron chi connectivity index (χ1n) is 9.41. The Morgan fingerprint density at radius 1 is 1.23 bits per heavy atom. The average Bonchev–Trinajstić information content (AvgIpc) is 3.18. The van der Waals surface area contributed by atoms with Crippen molar-refractivity contribution in [1.82, 2.24) is 15.7 Å². The van der Waals surface area contributed by atoms with Crippen molar-refractivity contribution in [1.29, 1.82) is 0 Å². The summed E-state index contributed by atoms with van der Waals surface area (Å²) in [7, 11) is 0. The Morgan fingerprint density at radius 3 is 2.73 bits per heavy atom. The van der Waals surface area contributed by atoms with Crippen LogP contribution in [0, 0.1) is 11.8 Å². The smallest absolute Gasteiger partial charge is 0.279 e. The minimum Gasteiger partial charge on any atom is -0.431 e. The van der Waals surface area contributed by atoms with Crippen molar-refractivity contribution in [3.05, 3.63) is 76.8 Å². The van der Waals surface area contributed by atoms with E-state index in [9.17, 15) is 4.79 Å². The number of carbonyl (C=O) groups excluding carboxylic acids is 1. The fourth-order valence-corrected chi connectivity index (χ4v) is 3.11. The molecule has 1 aromatic heterocycles. The second kappa shape index (κ2) is 10.8. The number of nitrogens with zero attached hydrogens (tertiary/aromatic N) is 2. The van der Waals surface area contributed by atoms with E-state index in [1.54, 1.807) is 12.4 Å². The van der Waals surface area contributed by atoms with Crippen molar-refractivity contribution >= 4 is 23.5 Å². The van der Waals surface area contributed by atoms with Crippen molar-refractivity contribution in [3.8, 4) is 22.8 Å². The SMILES string of the molecule is CC(=O)NC(C)C#Cc1cnc(Oc2ccc(/C=N/NCc3ccccc3)cc2)s1. The van der Waals surface area contributed by atoms with Crippen LogP contribution in [0.4, 0.5) is 0 Å². The normalized spacial score (nSPS) is 11.4. The molecule has 0 aliphatic rings. The molecule has 0 fully saturated rings. The maximum Gasteiger partial charge on any atom is 0.279 e. The van der Waals surface area contributed by atoms with Gasteiger partial charge < -0.3 is 15.5 Å². The van der Waals surface area contributed by atoms with Crippen molar-refractivity contribution < 1.29 is 9.53 Å². The van der Waals surface area contributed by atoms with Gasteiger partial charge in [-0.05, 0) is 42.3 Å². The fourth-order valence-electron chi connectivity index (χ4n) is 2.46. The Labute approximate surface area is 180 Å². The lowest BCUT2D eigenvalue weighted by molar-refractivity contribution is -0.119. The molecule has 6 nitrogen and oxygen atoms in total. The molecule has 30 heavy (non-hydrogen) atoms. The lowest BCUT2D eigenvalue weighted by atomic mass is 10.2. The molecule has 0 saturated heterocycles. The zero-order valence-electron chi connectivity index (χ0n) is 16.8. The number of ether oxygens (including phenoxy) is 1. The number of carbonyl (C=O) groups is 1. The largest absolute Gasteiger partial charge is 0.431 e. The van der Waals surface area contributed by atoms with Crippen LogP contribution in [0.25, 0.3) is 0 Å².